The zero-order chi connectivity index (χ0) is 23.8. The molecule has 0 bridgehead atoms. The number of anilines is 1. The number of thiazole rings is 1. The van der Waals surface area contributed by atoms with E-state index in [1.54, 1.807) is 24.5 Å². The number of phenols is 1. The van der Waals surface area contributed by atoms with Crippen molar-refractivity contribution in [3.63, 3.8) is 0 Å². The maximum atomic E-state index is 10.2. The topological polar surface area (TPSA) is 92.4 Å². The lowest BCUT2D eigenvalue weighted by Gasteiger charge is -2.39. The van der Waals surface area contributed by atoms with Gasteiger partial charge in [0.05, 0.1) is 29.4 Å². The van der Waals surface area contributed by atoms with Crippen molar-refractivity contribution in [3.05, 3.63) is 53.9 Å². The number of benzene rings is 2. The van der Waals surface area contributed by atoms with Crippen LogP contribution in [0, 0.1) is 0 Å². The minimum atomic E-state index is -0.127. The molecule has 3 heterocycles. The Bertz CT molecular complexity index is 1280. The van der Waals surface area contributed by atoms with Crippen molar-refractivity contribution in [2.45, 2.75) is 37.8 Å². The number of para-hydroxylation sites is 1. The fraction of sp³-hybridized carbons (Fsp3) is 0.440. The molecular formula is C25H29N7O2S. The summed E-state index contributed by atoms with van der Waals surface area (Å²) in [6.45, 7) is 3.44. The maximum absolute atomic E-state index is 10.2. The van der Waals surface area contributed by atoms with Crippen molar-refractivity contribution in [2.24, 2.45) is 0 Å². The molecule has 35 heavy (non-hydrogen) atoms. The van der Waals surface area contributed by atoms with E-state index in [0.717, 1.165) is 61.1 Å². The second-order valence-corrected chi connectivity index (χ2v) is 10.3. The van der Waals surface area contributed by atoms with Crippen LogP contribution in [-0.2, 0) is 0 Å². The first-order chi connectivity index (χ1) is 17.2. The smallest absolute Gasteiger partial charge is 0.186 e. The normalized spacial score (nSPS) is 18.4. The molecule has 1 atom stereocenters. The zero-order valence-corrected chi connectivity index (χ0v) is 20.6. The molecule has 2 fully saturated rings. The molecule has 1 saturated carbocycles. The summed E-state index contributed by atoms with van der Waals surface area (Å²) in [6, 6.07) is 14.1. The summed E-state index contributed by atoms with van der Waals surface area (Å²) in [5.74, 6) is 1.45. The molecule has 1 aliphatic carbocycles. The molecule has 1 saturated heterocycles. The number of fused-ring (bicyclic) bond motifs is 1. The Morgan fingerprint density at radius 2 is 1.86 bits per heavy atom. The summed E-state index contributed by atoms with van der Waals surface area (Å²) in [7, 11) is 1.58. The molecule has 2 aromatic carbocycles. The fourth-order valence-corrected chi connectivity index (χ4v) is 6.36. The first-order valence-corrected chi connectivity index (χ1v) is 13.0. The number of nitrogens with zero attached hydrogens (tertiary/aromatic N) is 7. The number of tetrazole rings is 1. The van der Waals surface area contributed by atoms with Crippen LogP contribution in [0.15, 0.2) is 42.5 Å². The fourth-order valence-electron chi connectivity index (χ4n) is 5.34. The molecule has 0 radical (unpaired) electrons. The van der Waals surface area contributed by atoms with E-state index in [-0.39, 0.29) is 11.8 Å². The van der Waals surface area contributed by atoms with E-state index < -0.39 is 0 Å². The summed E-state index contributed by atoms with van der Waals surface area (Å²) in [6.07, 6.45) is 4.63. The van der Waals surface area contributed by atoms with Crippen molar-refractivity contribution in [1.82, 2.24) is 30.1 Å². The number of hydrogen-bond acceptors (Lipinski definition) is 9. The van der Waals surface area contributed by atoms with E-state index in [0.29, 0.717) is 11.8 Å². The predicted octanol–water partition coefficient (Wildman–Crippen LogP) is 4.02. The zero-order valence-electron chi connectivity index (χ0n) is 19.7. The highest BCUT2D eigenvalue weighted by Gasteiger charge is 2.34. The lowest BCUT2D eigenvalue weighted by Crippen LogP contribution is -2.48. The van der Waals surface area contributed by atoms with Gasteiger partial charge < -0.3 is 14.7 Å². The van der Waals surface area contributed by atoms with Crippen molar-refractivity contribution in [1.29, 1.82) is 0 Å². The average molecular weight is 492 g/mol. The first kappa shape index (κ1) is 22.2. The predicted molar refractivity (Wildman–Crippen MR) is 135 cm³/mol. The van der Waals surface area contributed by atoms with Crippen LogP contribution in [0.5, 0.6) is 11.5 Å². The van der Waals surface area contributed by atoms with Crippen LogP contribution in [0.25, 0.3) is 10.2 Å². The molecule has 10 heteroatoms. The molecule has 2 aliphatic rings. The van der Waals surface area contributed by atoms with Gasteiger partial charge in [-0.05, 0) is 53.1 Å². The van der Waals surface area contributed by atoms with E-state index in [9.17, 15) is 5.11 Å². The standard InChI is InChI=1S/C25H29N7O2S/c1-34-21-16-17(10-11-20(21)33)23(24-27-28-29-32(24)18-6-2-3-7-18)30-12-14-31(15-13-30)25-26-19-8-4-5-9-22(19)35-25/h4-5,8-11,16,18,23,33H,2-3,6-7,12-15H2,1H3/t23-/m1/s1. The van der Waals surface area contributed by atoms with Gasteiger partial charge in [0.15, 0.2) is 22.5 Å². The van der Waals surface area contributed by atoms with Gasteiger partial charge in [0, 0.05) is 26.2 Å². The van der Waals surface area contributed by atoms with Crippen molar-refractivity contribution >= 4 is 26.7 Å². The molecule has 6 rings (SSSR count). The number of piperazine rings is 1. The van der Waals surface area contributed by atoms with Crippen LogP contribution < -0.4 is 9.64 Å². The summed E-state index contributed by atoms with van der Waals surface area (Å²) in [4.78, 5) is 9.67. The van der Waals surface area contributed by atoms with Crippen molar-refractivity contribution < 1.29 is 9.84 Å². The molecule has 0 amide bonds. The SMILES string of the molecule is COc1cc([C@H](c2nnnn2C2CCCC2)N2CCN(c3nc4ccccc4s3)CC2)ccc1O. The Hall–Kier alpha value is -3.24. The van der Waals surface area contributed by atoms with Crippen molar-refractivity contribution in [3.8, 4) is 11.5 Å². The highest BCUT2D eigenvalue weighted by atomic mass is 32.1. The quantitative estimate of drug-likeness (QED) is 0.432. The molecule has 9 nitrogen and oxygen atoms in total. The molecule has 4 aromatic rings. The molecular weight excluding hydrogens is 462 g/mol. The average Bonchev–Trinajstić information content (AvgIpc) is 3.66. The molecule has 0 spiro atoms. The Morgan fingerprint density at radius 1 is 1.06 bits per heavy atom. The summed E-state index contributed by atoms with van der Waals surface area (Å²) >= 11 is 1.75. The summed E-state index contributed by atoms with van der Waals surface area (Å²) in [5, 5.41) is 24.3. The Kier molecular flexibility index (Phi) is 5.99. The van der Waals surface area contributed by atoms with Crippen LogP contribution in [0.3, 0.4) is 0 Å². The summed E-state index contributed by atoms with van der Waals surface area (Å²) < 4.78 is 8.69. The number of aromatic hydroxyl groups is 1. The lowest BCUT2D eigenvalue weighted by atomic mass is 10.0. The van der Waals surface area contributed by atoms with Crippen molar-refractivity contribution in [2.75, 3.05) is 38.2 Å². The van der Waals surface area contributed by atoms with Crippen LogP contribution in [-0.4, -0.2) is 68.5 Å². The van der Waals surface area contributed by atoms with E-state index in [4.69, 9.17) is 9.72 Å². The van der Waals surface area contributed by atoms with Gasteiger partial charge in [-0.25, -0.2) is 9.67 Å². The van der Waals surface area contributed by atoms with E-state index in [1.165, 1.54) is 17.5 Å². The van der Waals surface area contributed by atoms with E-state index in [2.05, 4.69) is 43.5 Å². The van der Waals surface area contributed by atoms with Crippen LogP contribution in [0.2, 0.25) is 0 Å². The van der Waals surface area contributed by atoms with Gasteiger partial charge in [-0.3, -0.25) is 4.90 Å². The number of ether oxygens (including phenoxy) is 1. The van der Waals surface area contributed by atoms with Crippen LogP contribution in [0.1, 0.15) is 49.2 Å². The Morgan fingerprint density at radius 3 is 2.63 bits per heavy atom. The monoisotopic (exact) mass is 491 g/mol. The highest BCUT2D eigenvalue weighted by Crippen LogP contribution is 2.38. The number of rotatable bonds is 6. The number of aromatic nitrogens is 5. The third kappa shape index (κ3) is 4.21. The molecule has 1 aliphatic heterocycles. The van der Waals surface area contributed by atoms with Gasteiger partial charge >= 0.3 is 0 Å². The van der Waals surface area contributed by atoms with E-state index in [1.807, 2.05) is 22.9 Å². The Labute approximate surface area is 208 Å². The van der Waals surface area contributed by atoms with Crippen LogP contribution >= 0.6 is 11.3 Å². The maximum Gasteiger partial charge on any atom is 0.186 e. The summed E-state index contributed by atoms with van der Waals surface area (Å²) in [5.41, 5.74) is 2.07. The number of phenolic OH excluding ortho intramolecular Hbond substituents is 1. The third-order valence-corrected chi connectivity index (χ3v) is 8.28. The molecule has 182 valence electrons. The van der Waals surface area contributed by atoms with Gasteiger partial charge in [-0.15, -0.1) is 5.10 Å². The largest absolute Gasteiger partial charge is 0.504 e. The number of hydrogen-bond donors (Lipinski definition) is 1. The van der Waals surface area contributed by atoms with Gasteiger partial charge in [0.2, 0.25) is 0 Å². The first-order valence-electron chi connectivity index (χ1n) is 12.2. The van der Waals surface area contributed by atoms with Gasteiger partial charge in [0.25, 0.3) is 0 Å². The lowest BCUT2D eigenvalue weighted by molar-refractivity contribution is 0.197. The minimum Gasteiger partial charge on any atom is -0.504 e. The second-order valence-electron chi connectivity index (χ2n) is 9.24. The molecule has 2 aromatic heterocycles. The van der Waals surface area contributed by atoms with Gasteiger partial charge in [0.1, 0.15) is 0 Å². The number of methoxy groups -OCH3 is 1. The van der Waals surface area contributed by atoms with Gasteiger partial charge in [-0.1, -0.05) is 42.4 Å². The second kappa shape index (κ2) is 9.43. The molecule has 0 unspecified atom stereocenters. The van der Waals surface area contributed by atoms with Crippen LogP contribution in [0.4, 0.5) is 5.13 Å². The van der Waals surface area contributed by atoms with Gasteiger partial charge in [-0.2, -0.15) is 0 Å². The van der Waals surface area contributed by atoms with E-state index >= 15 is 0 Å². The third-order valence-electron chi connectivity index (χ3n) is 7.19. The minimum absolute atomic E-state index is 0.127. The highest BCUT2D eigenvalue weighted by molar-refractivity contribution is 7.22. The molecule has 1 N–H and O–H groups in total. The Balaban J connectivity index is 1.30.